The first kappa shape index (κ1) is 19.2. The largest absolute Gasteiger partial charge is 0.357 e. The molecule has 2 N–H and O–H groups in total. The molecule has 1 aromatic carbocycles. The van der Waals surface area contributed by atoms with Gasteiger partial charge in [0.15, 0.2) is 5.96 Å². The minimum absolute atomic E-state index is 0. The van der Waals surface area contributed by atoms with Crippen molar-refractivity contribution >= 4 is 29.9 Å². The minimum Gasteiger partial charge on any atom is -0.357 e. The van der Waals surface area contributed by atoms with Crippen LogP contribution in [0.1, 0.15) is 32.8 Å². The Morgan fingerprint density at radius 1 is 1.15 bits per heavy atom. The highest BCUT2D eigenvalue weighted by Crippen LogP contribution is 2.01. The number of benzene rings is 1. The molecule has 0 aliphatic heterocycles. The fourth-order valence-electron chi connectivity index (χ4n) is 1.76. The number of rotatable bonds is 7. The highest BCUT2D eigenvalue weighted by molar-refractivity contribution is 14.0. The third kappa shape index (κ3) is 9.18. The van der Waals surface area contributed by atoms with Crippen LogP contribution in [0.3, 0.4) is 0 Å². The van der Waals surface area contributed by atoms with Crippen LogP contribution in [0.15, 0.2) is 35.3 Å². The van der Waals surface area contributed by atoms with Crippen LogP contribution in [0, 0.1) is 5.92 Å². The molecule has 0 aromatic heterocycles. The molecule has 1 aromatic rings. The molecule has 0 atom stereocenters. The Morgan fingerprint density at radius 3 is 2.45 bits per heavy atom. The molecule has 0 bridgehead atoms. The van der Waals surface area contributed by atoms with E-state index in [4.69, 9.17) is 0 Å². The summed E-state index contributed by atoms with van der Waals surface area (Å²) in [4.78, 5) is 4.55. The van der Waals surface area contributed by atoms with E-state index in [0.717, 1.165) is 38.4 Å². The van der Waals surface area contributed by atoms with E-state index in [-0.39, 0.29) is 24.0 Å². The van der Waals surface area contributed by atoms with E-state index in [1.54, 1.807) is 0 Å². The van der Waals surface area contributed by atoms with Crippen molar-refractivity contribution < 1.29 is 0 Å². The van der Waals surface area contributed by atoms with Crippen LogP contribution in [0.25, 0.3) is 0 Å². The monoisotopic (exact) mass is 389 g/mol. The molecular formula is C16H28IN3. The third-order valence-electron chi connectivity index (χ3n) is 2.74. The van der Waals surface area contributed by atoms with Gasteiger partial charge in [-0.15, -0.1) is 24.0 Å². The molecule has 20 heavy (non-hydrogen) atoms. The summed E-state index contributed by atoms with van der Waals surface area (Å²) >= 11 is 0. The fraction of sp³-hybridized carbons (Fsp3) is 0.562. The van der Waals surface area contributed by atoms with Crippen molar-refractivity contribution in [3.8, 4) is 0 Å². The second-order valence-electron chi connectivity index (χ2n) is 5.13. The topological polar surface area (TPSA) is 36.4 Å². The smallest absolute Gasteiger partial charge is 0.191 e. The zero-order valence-corrected chi connectivity index (χ0v) is 15.2. The lowest BCUT2D eigenvalue weighted by atomic mass is 10.1. The molecule has 0 fully saturated rings. The molecule has 0 aliphatic carbocycles. The fourth-order valence-corrected chi connectivity index (χ4v) is 1.76. The van der Waals surface area contributed by atoms with Gasteiger partial charge in [0.2, 0.25) is 0 Å². The molecule has 0 heterocycles. The molecule has 114 valence electrons. The zero-order chi connectivity index (χ0) is 13.9. The summed E-state index contributed by atoms with van der Waals surface area (Å²) in [5, 5.41) is 6.66. The van der Waals surface area contributed by atoms with Crippen molar-refractivity contribution in [1.29, 1.82) is 0 Å². The SMILES string of the molecule is CCNC(=NCC(C)C)NCCCc1ccccc1.I. The van der Waals surface area contributed by atoms with Gasteiger partial charge in [0.1, 0.15) is 0 Å². The Morgan fingerprint density at radius 2 is 1.85 bits per heavy atom. The molecule has 0 saturated heterocycles. The van der Waals surface area contributed by atoms with Gasteiger partial charge in [-0.05, 0) is 31.2 Å². The first-order valence-corrected chi connectivity index (χ1v) is 7.28. The lowest BCUT2D eigenvalue weighted by Gasteiger charge is -2.12. The molecule has 3 nitrogen and oxygen atoms in total. The number of guanidine groups is 1. The molecule has 0 saturated carbocycles. The minimum atomic E-state index is 0. The van der Waals surface area contributed by atoms with Crippen LogP contribution in [0.4, 0.5) is 0 Å². The molecule has 0 spiro atoms. The van der Waals surface area contributed by atoms with Crippen LogP contribution in [0.2, 0.25) is 0 Å². The maximum absolute atomic E-state index is 4.55. The predicted octanol–water partition coefficient (Wildman–Crippen LogP) is 3.45. The maximum atomic E-state index is 4.55. The van der Waals surface area contributed by atoms with Gasteiger partial charge in [-0.1, -0.05) is 44.2 Å². The van der Waals surface area contributed by atoms with Gasteiger partial charge in [-0.2, -0.15) is 0 Å². The van der Waals surface area contributed by atoms with Gasteiger partial charge < -0.3 is 10.6 Å². The van der Waals surface area contributed by atoms with E-state index >= 15 is 0 Å². The highest BCUT2D eigenvalue weighted by atomic mass is 127. The molecule has 4 heteroatoms. The number of nitrogens with one attached hydrogen (secondary N) is 2. The van der Waals surface area contributed by atoms with E-state index < -0.39 is 0 Å². The van der Waals surface area contributed by atoms with Gasteiger partial charge in [0, 0.05) is 19.6 Å². The van der Waals surface area contributed by atoms with Crippen molar-refractivity contribution in [2.24, 2.45) is 10.9 Å². The third-order valence-corrected chi connectivity index (χ3v) is 2.74. The van der Waals surface area contributed by atoms with Gasteiger partial charge in [-0.25, -0.2) is 0 Å². The highest BCUT2D eigenvalue weighted by Gasteiger charge is 1.98. The summed E-state index contributed by atoms with van der Waals surface area (Å²) in [6, 6.07) is 10.6. The normalized spacial score (nSPS) is 11.1. The van der Waals surface area contributed by atoms with Gasteiger partial charge in [0.25, 0.3) is 0 Å². The van der Waals surface area contributed by atoms with Crippen molar-refractivity contribution in [2.45, 2.75) is 33.6 Å². The number of hydrogen-bond acceptors (Lipinski definition) is 1. The average molecular weight is 389 g/mol. The summed E-state index contributed by atoms with van der Waals surface area (Å²) in [7, 11) is 0. The van der Waals surface area contributed by atoms with Crippen LogP contribution >= 0.6 is 24.0 Å². The van der Waals surface area contributed by atoms with Crippen LogP contribution in [-0.4, -0.2) is 25.6 Å². The Bertz CT molecular complexity index is 363. The molecule has 0 aliphatic rings. The Balaban J connectivity index is 0.00000361. The van der Waals surface area contributed by atoms with Crippen LogP contribution in [0.5, 0.6) is 0 Å². The molecule has 0 amide bonds. The standard InChI is InChI=1S/C16H27N3.HI/c1-4-17-16(19-13-14(2)3)18-12-8-11-15-9-6-5-7-10-15;/h5-7,9-10,14H,4,8,11-13H2,1-3H3,(H2,17,18,19);1H. The number of nitrogens with zero attached hydrogens (tertiary/aromatic N) is 1. The van der Waals surface area contributed by atoms with Gasteiger partial charge >= 0.3 is 0 Å². The van der Waals surface area contributed by atoms with E-state index in [1.807, 2.05) is 0 Å². The molecule has 0 unspecified atom stereocenters. The average Bonchev–Trinajstić information content (AvgIpc) is 2.41. The second kappa shape index (κ2) is 12.0. The first-order valence-electron chi connectivity index (χ1n) is 7.28. The Hall–Kier alpha value is -0.780. The Kier molecular flexibility index (Phi) is 11.5. The van der Waals surface area contributed by atoms with Gasteiger partial charge in [0.05, 0.1) is 0 Å². The number of aryl methyl sites for hydroxylation is 1. The predicted molar refractivity (Wildman–Crippen MR) is 99.0 cm³/mol. The zero-order valence-electron chi connectivity index (χ0n) is 12.9. The van der Waals surface area contributed by atoms with E-state index in [2.05, 4.69) is 66.7 Å². The summed E-state index contributed by atoms with van der Waals surface area (Å²) in [6.45, 7) is 9.19. The molecule has 0 radical (unpaired) electrons. The van der Waals surface area contributed by atoms with Crippen LogP contribution < -0.4 is 10.6 Å². The van der Waals surface area contributed by atoms with E-state index in [9.17, 15) is 0 Å². The van der Waals surface area contributed by atoms with Crippen LogP contribution in [-0.2, 0) is 6.42 Å². The summed E-state index contributed by atoms with van der Waals surface area (Å²) in [6.07, 6.45) is 2.23. The van der Waals surface area contributed by atoms with Crippen molar-refractivity contribution in [3.63, 3.8) is 0 Å². The quantitative estimate of drug-likeness (QED) is 0.324. The summed E-state index contributed by atoms with van der Waals surface area (Å²) in [5.41, 5.74) is 1.40. The molecule has 1 rings (SSSR count). The van der Waals surface area contributed by atoms with E-state index in [1.165, 1.54) is 5.56 Å². The summed E-state index contributed by atoms with van der Waals surface area (Å²) in [5.74, 6) is 1.53. The number of halogens is 1. The Labute approximate surface area is 140 Å². The summed E-state index contributed by atoms with van der Waals surface area (Å²) < 4.78 is 0. The lowest BCUT2D eigenvalue weighted by molar-refractivity contribution is 0.654. The van der Waals surface area contributed by atoms with Gasteiger partial charge in [-0.3, -0.25) is 4.99 Å². The van der Waals surface area contributed by atoms with E-state index in [0.29, 0.717) is 5.92 Å². The molecular weight excluding hydrogens is 361 g/mol. The maximum Gasteiger partial charge on any atom is 0.191 e. The van der Waals surface area contributed by atoms with Crippen molar-refractivity contribution in [3.05, 3.63) is 35.9 Å². The lowest BCUT2D eigenvalue weighted by Crippen LogP contribution is -2.38. The second-order valence-corrected chi connectivity index (χ2v) is 5.13. The number of hydrogen-bond donors (Lipinski definition) is 2. The van der Waals surface area contributed by atoms with Crippen molar-refractivity contribution in [2.75, 3.05) is 19.6 Å². The number of aliphatic imine (C=N–C) groups is 1. The van der Waals surface area contributed by atoms with Crippen molar-refractivity contribution in [1.82, 2.24) is 10.6 Å². The first-order chi connectivity index (χ1) is 9.22.